The first-order chi connectivity index (χ1) is 6.16. The van der Waals surface area contributed by atoms with Gasteiger partial charge in [0.05, 0.1) is 6.61 Å². The van der Waals surface area contributed by atoms with Gasteiger partial charge in [0.1, 0.15) is 5.69 Å². The first-order valence-electron chi connectivity index (χ1n) is 4.03. The normalized spacial score (nSPS) is 10.3. The highest BCUT2D eigenvalue weighted by Crippen LogP contribution is 2.07. The highest BCUT2D eigenvalue weighted by Gasteiger charge is 2.09. The maximum absolute atomic E-state index is 10.7. The lowest BCUT2D eigenvalue weighted by Crippen LogP contribution is -2.08. The molecule has 4 heteroatoms. The molecule has 1 N–H and O–H groups in total. The minimum Gasteiger partial charge on any atom is -0.477 e. The number of carboxylic acids is 1. The van der Waals surface area contributed by atoms with Gasteiger partial charge in [0.2, 0.25) is 0 Å². The van der Waals surface area contributed by atoms with Gasteiger partial charge in [0.25, 0.3) is 0 Å². The van der Waals surface area contributed by atoms with Gasteiger partial charge < -0.3 is 14.4 Å². The number of carbonyl (C=O) groups is 1. The van der Waals surface area contributed by atoms with Crippen molar-refractivity contribution in [2.45, 2.75) is 6.42 Å². The van der Waals surface area contributed by atoms with Crippen molar-refractivity contribution in [2.75, 3.05) is 13.7 Å². The van der Waals surface area contributed by atoms with Crippen molar-refractivity contribution in [2.24, 2.45) is 7.05 Å². The van der Waals surface area contributed by atoms with Gasteiger partial charge in [-0.05, 0) is 12.1 Å². The fourth-order valence-corrected chi connectivity index (χ4v) is 1.23. The summed E-state index contributed by atoms with van der Waals surface area (Å²) < 4.78 is 6.58. The third-order valence-corrected chi connectivity index (χ3v) is 2.01. The molecule has 0 saturated heterocycles. The number of aromatic carboxylic acids is 1. The molecular formula is C9H13NO3. The Morgan fingerprint density at radius 3 is 2.77 bits per heavy atom. The van der Waals surface area contributed by atoms with Gasteiger partial charge in [-0.15, -0.1) is 0 Å². The SMILES string of the molecule is COCCc1ccc(C(=O)O)n1C. The van der Waals surface area contributed by atoms with E-state index in [1.54, 1.807) is 24.8 Å². The molecule has 0 saturated carbocycles. The Hall–Kier alpha value is -1.29. The van der Waals surface area contributed by atoms with Crippen LogP contribution in [0.3, 0.4) is 0 Å². The van der Waals surface area contributed by atoms with E-state index in [9.17, 15) is 4.79 Å². The summed E-state index contributed by atoms with van der Waals surface area (Å²) in [6.07, 6.45) is 0.736. The van der Waals surface area contributed by atoms with Crippen molar-refractivity contribution in [3.05, 3.63) is 23.5 Å². The number of rotatable bonds is 4. The minimum atomic E-state index is -0.897. The summed E-state index contributed by atoms with van der Waals surface area (Å²) in [6.45, 7) is 0.608. The van der Waals surface area contributed by atoms with E-state index in [1.807, 2.05) is 6.07 Å². The second-order valence-corrected chi connectivity index (χ2v) is 2.82. The van der Waals surface area contributed by atoms with Gasteiger partial charge in [-0.1, -0.05) is 0 Å². The Morgan fingerprint density at radius 1 is 1.62 bits per heavy atom. The summed E-state index contributed by atoms with van der Waals surface area (Å²) in [7, 11) is 3.37. The fraction of sp³-hybridized carbons (Fsp3) is 0.444. The van der Waals surface area contributed by atoms with Crippen LogP contribution in [0.2, 0.25) is 0 Å². The van der Waals surface area contributed by atoms with Crippen LogP contribution < -0.4 is 0 Å². The van der Waals surface area contributed by atoms with Crippen molar-refractivity contribution in [1.82, 2.24) is 4.57 Å². The molecule has 0 unspecified atom stereocenters. The second kappa shape index (κ2) is 4.09. The molecule has 0 bridgehead atoms. The average Bonchev–Trinajstić information content (AvgIpc) is 2.43. The number of hydrogen-bond acceptors (Lipinski definition) is 2. The van der Waals surface area contributed by atoms with Crippen LogP contribution in [0.5, 0.6) is 0 Å². The summed E-state index contributed by atoms with van der Waals surface area (Å²) in [5, 5.41) is 8.75. The van der Waals surface area contributed by atoms with Gasteiger partial charge in [0, 0.05) is 26.3 Å². The van der Waals surface area contributed by atoms with Gasteiger partial charge in [0.15, 0.2) is 0 Å². The molecule has 13 heavy (non-hydrogen) atoms. The minimum absolute atomic E-state index is 0.311. The molecule has 1 aromatic rings. The van der Waals surface area contributed by atoms with Crippen LogP contribution in [-0.2, 0) is 18.2 Å². The molecule has 0 aliphatic heterocycles. The van der Waals surface area contributed by atoms with Crippen LogP contribution in [0, 0.1) is 0 Å². The Morgan fingerprint density at radius 2 is 2.31 bits per heavy atom. The average molecular weight is 183 g/mol. The molecule has 4 nitrogen and oxygen atoms in total. The van der Waals surface area contributed by atoms with Gasteiger partial charge >= 0.3 is 5.97 Å². The number of methoxy groups -OCH3 is 1. The Balaban J connectivity index is 2.80. The second-order valence-electron chi connectivity index (χ2n) is 2.82. The molecule has 1 rings (SSSR count). The summed E-state index contributed by atoms with van der Waals surface area (Å²) in [4.78, 5) is 10.7. The van der Waals surface area contributed by atoms with Gasteiger partial charge in [-0.25, -0.2) is 4.79 Å². The lowest BCUT2D eigenvalue weighted by atomic mass is 10.3. The predicted molar refractivity (Wildman–Crippen MR) is 48.0 cm³/mol. The molecule has 0 atom stereocenters. The summed E-state index contributed by atoms with van der Waals surface area (Å²) >= 11 is 0. The zero-order valence-corrected chi connectivity index (χ0v) is 7.78. The van der Waals surface area contributed by atoms with E-state index in [0.29, 0.717) is 12.3 Å². The first kappa shape index (κ1) is 9.80. The van der Waals surface area contributed by atoms with Gasteiger partial charge in [-0.3, -0.25) is 0 Å². The number of aromatic nitrogens is 1. The van der Waals surface area contributed by atoms with E-state index < -0.39 is 5.97 Å². The van der Waals surface area contributed by atoms with E-state index in [4.69, 9.17) is 9.84 Å². The molecule has 0 aromatic carbocycles. The third kappa shape index (κ3) is 2.09. The van der Waals surface area contributed by atoms with Crippen LogP contribution in [0.1, 0.15) is 16.2 Å². The summed E-state index contributed by atoms with van der Waals surface area (Å²) in [5.41, 5.74) is 1.28. The van der Waals surface area contributed by atoms with Crippen LogP contribution in [0.25, 0.3) is 0 Å². The smallest absolute Gasteiger partial charge is 0.352 e. The van der Waals surface area contributed by atoms with E-state index in [-0.39, 0.29) is 0 Å². The van der Waals surface area contributed by atoms with Crippen LogP contribution in [0.15, 0.2) is 12.1 Å². The topological polar surface area (TPSA) is 51.5 Å². The highest BCUT2D eigenvalue weighted by molar-refractivity contribution is 5.86. The predicted octanol–water partition coefficient (Wildman–Crippen LogP) is 0.912. The van der Waals surface area contributed by atoms with E-state index in [2.05, 4.69) is 0 Å². The number of nitrogens with zero attached hydrogens (tertiary/aromatic N) is 1. The molecule has 0 fully saturated rings. The lowest BCUT2D eigenvalue weighted by Gasteiger charge is -2.03. The van der Waals surface area contributed by atoms with Crippen molar-refractivity contribution >= 4 is 5.97 Å². The van der Waals surface area contributed by atoms with Crippen LogP contribution in [-0.4, -0.2) is 29.4 Å². The molecule has 0 aliphatic carbocycles. The largest absolute Gasteiger partial charge is 0.477 e. The third-order valence-electron chi connectivity index (χ3n) is 2.01. The monoisotopic (exact) mass is 183 g/mol. The van der Waals surface area contributed by atoms with Crippen molar-refractivity contribution in [3.63, 3.8) is 0 Å². The molecule has 0 spiro atoms. The maximum atomic E-state index is 10.7. The fourth-order valence-electron chi connectivity index (χ4n) is 1.23. The molecule has 72 valence electrons. The van der Waals surface area contributed by atoms with Crippen LogP contribution >= 0.6 is 0 Å². The zero-order valence-electron chi connectivity index (χ0n) is 7.78. The summed E-state index contributed by atoms with van der Waals surface area (Å²) in [5.74, 6) is -0.897. The Bertz CT molecular complexity index is 304. The Kier molecular flexibility index (Phi) is 3.08. The molecule has 1 heterocycles. The molecule has 0 radical (unpaired) electrons. The van der Waals surface area contributed by atoms with E-state index in [0.717, 1.165) is 12.1 Å². The highest BCUT2D eigenvalue weighted by atomic mass is 16.5. The van der Waals surface area contributed by atoms with Crippen molar-refractivity contribution < 1.29 is 14.6 Å². The van der Waals surface area contributed by atoms with E-state index in [1.165, 1.54) is 0 Å². The van der Waals surface area contributed by atoms with Crippen molar-refractivity contribution in [3.8, 4) is 0 Å². The number of ether oxygens (including phenoxy) is 1. The molecule has 0 aliphatic rings. The van der Waals surface area contributed by atoms with Crippen LogP contribution in [0.4, 0.5) is 0 Å². The zero-order chi connectivity index (χ0) is 9.84. The molecule has 0 amide bonds. The van der Waals surface area contributed by atoms with E-state index >= 15 is 0 Å². The quantitative estimate of drug-likeness (QED) is 0.754. The lowest BCUT2D eigenvalue weighted by molar-refractivity contribution is 0.0686. The number of hydrogen-bond donors (Lipinski definition) is 1. The molecule has 1 aromatic heterocycles. The Labute approximate surface area is 76.7 Å². The summed E-state index contributed by atoms with van der Waals surface area (Å²) in [6, 6.07) is 3.41. The maximum Gasteiger partial charge on any atom is 0.352 e. The molecular weight excluding hydrogens is 170 g/mol. The van der Waals surface area contributed by atoms with Gasteiger partial charge in [-0.2, -0.15) is 0 Å². The standard InChI is InChI=1S/C9H13NO3/c1-10-7(5-6-13-2)3-4-8(10)9(11)12/h3-4H,5-6H2,1-2H3,(H,11,12). The number of carboxylic acid groups (broad SMARTS) is 1. The first-order valence-corrected chi connectivity index (χ1v) is 4.03. The van der Waals surface area contributed by atoms with Crippen molar-refractivity contribution in [1.29, 1.82) is 0 Å².